The van der Waals surface area contributed by atoms with Crippen molar-refractivity contribution in [3.8, 4) is 0 Å². The summed E-state index contributed by atoms with van der Waals surface area (Å²) in [5.41, 5.74) is 0. The highest BCUT2D eigenvalue weighted by atomic mass is 31.2. The summed E-state index contributed by atoms with van der Waals surface area (Å²) in [6.07, 6.45) is 74.2. The zero-order chi connectivity index (χ0) is 49.9. The maximum atomic E-state index is 12.9. The van der Waals surface area contributed by atoms with Gasteiger partial charge < -0.3 is 19.8 Å². The van der Waals surface area contributed by atoms with Gasteiger partial charge in [0.25, 0.3) is 0 Å². The minimum absolute atomic E-state index is 0.0478. The maximum Gasteiger partial charge on any atom is 0.472 e. The lowest BCUT2D eigenvalue weighted by Crippen LogP contribution is -2.45. The number of phosphoric acid groups is 1. The van der Waals surface area contributed by atoms with E-state index in [1.54, 1.807) is 6.08 Å². The van der Waals surface area contributed by atoms with E-state index in [4.69, 9.17) is 9.05 Å². The van der Waals surface area contributed by atoms with Gasteiger partial charge in [-0.15, -0.1) is 0 Å². The Bertz CT molecular complexity index is 1560. The molecule has 8 nitrogen and oxygen atoms in total. The molecule has 0 aromatic rings. The second-order valence-electron chi connectivity index (χ2n) is 18.5. The van der Waals surface area contributed by atoms with Gasteiger partial charge >= 0.3 is 7.82 Å². The lowest BCUT2D eigenvalue weighted by molar-refractivity contribution is -0.870. The average Bonchev–Trinajstić information content (AvgIpc) is 3.30. The fourth-order valence-corrected chi connectivity index (χ4v) is 7.43. The van der Waals surface area contributed by atoms with Crippen molar-refractivity contribution in [2.45, 2.75) is 193 Å². The van der Waals surface area contributed by atoms with Crippen molar-refractivity contribution < 1.29 is 32.9 Å². The molecule has 3 N–H and O–H groups in total. The molecule has 9 heteroatoms. The van der Waals surface area contributed by atoms with Gasteiger partial charge in [0.15, 0.2) is 0 Å². The number of phosphoric ester groups is 1. The minimum Gasteiger partial charge on any atom is -0.387 e. The van der Waals surface area contributed by atoms with Crippen molar-refractivity contribution in [2.24, 2.45) is 0 Å². The second kappa shape index (κ2) is 48.7. The average molecular weight is 964 g/mol. The summed E-state index contributed by atoms with van der Waals surface area (Å²) in [6.45, 7) is 4.59. The molecule has 1 amide bonds. The molecule has 0 saturated carbocycles. The van der Waals surface area contributed by atoms with Gasteiger partial charge in [0, 0.05) is 6.42 Å². The highest BCUT2D eigenvalue weighted by molar-refractivity contribution is 7.47. The first-order valence-electron chi connectivity index (χ1n) is 26.6. The molecule has 0 aliphatic heterocycles. The van der Waals surface area contributed by atoms with Crippen LogP contribution in [0.25, 0.3) is 0 Å². The molecular formula is C59H100N2O6P+. The van der Waals surface area contributed by atoms with E-state index in [-0.39, 0.29) is 19.1 Å². The molecule has 0 aliphatic carbocycles. The number of nitrogens with one attached hydrogen (secondary N) is 1. The smallest absolute Gasteiger partial charge is 0.387 e. The number of quaternary nitrogens is 1. The third kappa shape index (κ3) is 50.5. The summed E-state index contributed by atoms with van der Waals surface area (Å²) in [5, 5.41) is 13.8. The Balaban J connectivity index is 4.09. The molecule has 0 aromatic carbocycles. The molecule has 3 atom stereocenters. The van der Waals surface area contributed by atoms with E-state index >= 15 is 0 Å². The van der Waals surface area contributed by atoms with Gasteiger partial charge in [-0.3, -0.25) is 13.8 Å². The number of allylic oxidation sites excluding steroid dienone is 21. The molecule has 0 heterocycles. The topological polar surface area (TPSA) is 105 Å². The quantitative estimate of drug-likeness (QED) is 0.0243. The fraction of sp³-hybridized carbons (Fsp3) is 0.610. The van der Waals surface area contributed by atoms with Crippen LogP contribution in [-0.4, -0.2) is 73.4 Å². The van der Waals surface area contributed by atoms with Crippen molar-refractivity contribution in [3.05, 3.63) is 134 Å². The van der Waals surface area contributed by atoms with Gasteiger partial charge in [0.1, 0.15) is 13.2 Å². The lowest BCUT2D eigenvalue weighted by atomic mass is 10.1. The summed E-state index contributed by atoms with van der Waals surface area (Å²) >= 11 is 0. The van der Waals surface area contributed by atoms with E-state index in [1.807, 2.05) is 27.2 Å². The van der Waals surface area contributed by atoms with Crippen LogP contribution in [0.5, 0.6) is 0 Å². The summed E-state index contributed by atoms with van der Waals surface area (Å²) in [7, 11) is 1.53. The Labute approximate surface area is 417 Å². The van der Waals surface area contributed by atoms with E-state index in [0.29, 0.717) is 17.4 Å². The van der Waals surface area contributed by atoms with Crippen LogP contribution in [0.3, 0.4) is 0 Å². The highest BCUT2D eigenvalue weighted by Crippen LogP contribution is 2.43. The van der Waals surface area contributed by atoms with Crippen molar-refractivity contribution >= 4 is 13.7 Å². The number of carbonyl (C=O) groups is 1. The zero-order valence-electron chi connectivity index (χ0n) is 43.8. The normalized spacial score (nSPS) is 15.1. The number of likely N-dealkylation sites (N-methyl/N-ethyl adjacent to an activating group) is 1. The number of hydrogen-bond acceptors (Lipinski definition) is 5. The Morgan fingerprint density at radius 2 is 0.897 bits per heavy atom. The van der Waals surface area contributed by atoms with Crippen molar-refractivity contribution in [2.75, 3.05) is 40.9 Å². The number of carbonyl (C=O) groups excluding carboxylic acids is 1. The Morgan fingerprint density at radius 3 is 1.35 bits per heavy atom. The summed E-state index contributed by atoms with van der Waals surface area (Å²) < 4.78 is 23.5. The first-order chi connectivity index (χ1) is 33.0. The van der Waals surface area contributed by atoms with E-state index in [0.717, 1.165) is 103 Å². The number of nitrogens with zero attached hydrogens (tertiary/aromatic N) is 1. The summed E-state index contributed by atoms with van der Waals surface area (Å²) in [6, 6.07) is -0.873. The van der Waals surface area contributed by atoms with E-state index in [1.165, 1.54) is 57.8 Å². The lowest BCUT2D eigenvalue weighted by Gasteiger charge is -2.25. The van der Waals surface area contributed by atoms with Gasteiger partial charge in [-0.05, 0) is 103 Å². The molecule has 0 radical (unpaired) electrons. The van der Waals surface area contributed by atoms with Crippen LogP contribution in [0, 0.1) is 0 Å². The van der Waals surface area contributed by atoms with Crippen LogP contribution in [0.1, 0.15) is 181 Å². The molecule has 0 saturated heterocycles. The van der Waals surface area contributed by atoms with Gasteiger partial charge in [-0.1, -0.05) is 205 Å². The molecule has 0 aromatic heterocycles. The number of hydrogen-bond donors (Lipinski definition) is 3. The molecule has 0 aliphatic rings. The maximum absolute atomic E-state index is 12.9. The predicted molar refractivity (Wildman–Crippen MR) is 294 cm³/mol. The molecule has 386 valence electrons. The summed E-state index contributed by atoms with van der Waals surface area (Å²) in [4.78, 5) is 23.1. The first kappa shape index (κ1) is 64.6. The summed E-state index contributed by atoms with van der Waals surface area (Å²) in [5.74, 6) is -0.203. The second-order valence-corrected chi connectivity index (χ2v) is 20.0. The number of aliphatic hydroxyl groups is 1. The van der Waals surface area contributed by atoms with Crippen molar-refractivity contribution in [3.63, 3.8) is 0 Å². The van der Waals surface area contributed by atoms with Crippen LogP contribution in [-0.2, 0) is 18.4 Å². The molecular weight excluding hydrogens is 864 g/mol. The minimum atomic E-state index is -4.35. The zero-order valence-corrected chi connectivity index (χ0v) is 44.7. The number of unbranched alkanes of at least 4 members (excludes halogenated alkanes) is 13. The monoisotopic (exact) mass is 964 g/mol. The van der Waals surface area contributed by atoms with Crippen LogP contribution in [0.2, 0.25) is 0 Å². The Kier molecular flexibility index (Phi) is 46.3. The van der Waals surface area contributed by atoms with Crippen LogP contribution >= 0.6 is 7.82 Å². The van der Waals surface area contributed by atoms with E-state index in [9.17, 15) is 19.4 Å². The highest BCUT2D eigenvalue weighted by Gasteiger charge is 2.27. The molecule has 0 rings (SSSR count). The van der Waals surface area contributed by atoms with E-state index < -0.39 is 20.0 Å². The standard InChI is InChI=1S/C59H99N2O6P/c1-6-8-10-12-14-16-17-18-19-20-21-22-23-24-25-26-27-28-29-30-31-32-33-34-35-36-37-38-39-40-41-42-43-45-47-49-51-53-59(63)60-57(56-67-68(64,65)66-55-54-61(3,4)5)58(62)52-50-48-46-44-15-13-11-9-7-2/h8,10,14-16,18-19,21-22,24-25,27-28,30-31,33-34,36-37,44,50,52,57-58,62H,6-7,9,11-13,17,20,23,26,29,32,35,38-43,45-49,51,53-56H2,1-5H3,(H-,60,63,64,65)/p+1/b10-8-,16-14-,19-18-,22-21-,25-24-,28-27-,31-30-,34-33-,37-36-,44-15+,52-50+. The third-order valence-corrected chi connectivity index (χ3v) is 11.8. The van der Waals surface area contributed by atoms with Crippen molar-refractivity contribution in [1.29, 1.82) is 0 Å². The van der Waals surface area contributed by atoms with E-state index in [2.05, 4.69) is 141 Å². The van der Waals surface area contributed by atoms with Gasteiger partial charge in [0.05, 0.1) is 39.9 Å². The number of aliphatic hydroxyl groups excluding tert-OH is 1. The van der Waals surface area contributed by atoms with Crippen LogP contribution < -0.4 is 5.32 Å². The Hall–Kier alpha value is -3.36. The third-order valence-electron chi connectivity index (χ3n) is 10.9. The van der Waals surface area contributed by atoms with Crippen molar-refractivity contribution in [1.82, 2.24) is 5.32 Å². The molecule has 68 heavy (non-hydrogen) atoms. The van der Waals surface area contributed by atoms with Crippen LogP contribution in [0.4, 0.5) is 0 Å². The molecule has 0 bridgehead atoms. The molecule has 3 unspecified atom stereocenters. The van der Waals surface area contributed by atoms with Crippen LogP contribution in [0.15, 0.2) is 134 Å². The van der Waals surface area contributed by atoms with Gasteiger partial charge in [-0.25, -0.2) is 4.57 Å². The number of rotatable bonds is 46. The van der Waals surface area contributed by atoms with Gasteiger partial charge in [0.2, 0.25) is 5.91 Å². The predicted octanol–water partition coefficient (Wildman–Crippen LogP) is 16.0. The fourth-order valence-electron chi connectivity index (χ4n) is 6.69. The molecule has 0 spiro atoms. The van der Waals surface area contributed by atoms with Gasteiger partial charge in [-0.2, -0.15) is 0 Å². The Morgan fingerprint density at radius 1 is 0.515 bits per heavy atom. The SMILES string of the molecule is CC/C=C\C/C=C\C/C=C\C/C=C\C/C=C\C/C=C\C/C=C\C/C=C\C/C=C\CCCCCCCCCCCC(=O)NC(COP(=O)(O)OCC[N+](C)(C)C)C(O)/C=C/CC/C=C/CCCCC. The number of amides is 1. The molecule has 0 fully saturated rings. The largest absolute Gasteiger partial charge is 0.472 e. The first-order valence-corrected chi connectivity index (χ1v) is 28.1.